The van der Waals surface area contributed by atoms with Crippen molar-refractivity contribution < 1.29 is 46.8 Å². The summed E-state index contributed by atoms with van der Waals surface area (Å²) >= 11 is 4.11. The summed E-state index contributed by atoms with van der Waals surface area (Å²) < 4.78 is 0. The van der Waals surface area contributed by atoms with Gasteiger partial charge in [-0.15, -0.1) is 11.6 Å². The van der Waals surface area contributed by atoms with Gasteiger partial charge in [-0.2, -0.15) is 0 Å². The van der Waals surface area contributed by atoms with E-state index < -0.39 is 0 Å². The van der Waals surface area contributed by atoms with Crippen LogP contribution < -0.4 is 0 Å². The predicted octanol–water partition coefficient (Wildman–Crippen LogP) is -0.273. The van der Waals surface area contributed by atoms with E-state index in [2.05, 4.69) is 11.6 Å². The van der Waals surface area contributed by atoms with Gasteiger partial charge in [0.25, 0.3) is 0 Å². The number of rotatable bonds is 0. The molecule has 0 bridgehead atoms. The number of hydrogen-bond acceptors (Lipinski definition) is 1. The molecule has 0 aliphatic heterocycles. The first-order valence-electron chi connectivity index (χ1n) is 0.289. The molecule has 4 heteroatoms. The van der Waals surface area contributed by atoms with E-state index in [4.69, 9.17) is 0 Å². The van der Waals surface area contributed by atoms with E-state index in [0.717, 1.165) is 0 Å². The second-order valence-corrected chi connectivity index (χ2v) is 0. The smallest absolute Gasteiger partial charge is 0.0612 e. The average molecular weight is 240 g/mol. The first-order valence-corrected chi connectivity index (χ1v) is 2.60. The van der Waals surface area contributed by atoms with E-state index in [9.17, 15) is 0 Å². The molecule has 0 aliphatic rings. The molecule has 0 aromatic carbocycles. The zero-order valence-corrected chi connectivity index (χ0v) is 11.8. The maximum Gasteiger partial charge on any atom is 0.0612 e. The molecule has 16 valence electrons. The van der Waals surface area contributed by atoms with Gasteiger partial charge < -0.3 is 0 Å². The minimum absolute atomic E-state index is 0. The largest absolute Gasteiger partial charge is 0.147 e. The third kappa shape index (κ3) is 9.01. The molecule has 4 heavy (non-hydrogen) atoms. The molecule has 0 N–H and O–H groups in total. The molecule has 0 saturated carbocycles. The third-order valence-corrected chi connectivity index (χ3v) is 0. The van der Waals surface area contributed by atoms with Gasteiger partial charge in [0.05, 0.1) is 8.95 Å². The maximum atomic E-state index is 4.11. The van der Waals surface area contributed by atoms with Crippen molar-refractivity contribution in [3.05, 3.63) is 0 Å². The molecule has 0 atom stereocenters. The van der Waals surface area contributed by atoms with Crippen LogP contribution in [0.5, 0.6) is 0 Å². The van der Waals surface area contributed by atoms with Crippen LogP contribution in [0.2, 0.25) is 0 Å². The van der Waals surface area contributed by atoms with Gasteiger partial charge in [-0.25, -0.2) is 0 Å². The van der Waals surface area contributed by atoms with Crippen molar-refractivity contribution in [2.75, 3.05) is 0 Å². The fourth-order valence-electron chi connectivity index (χ4n) is 0. The Labute approximate surface area is 66.6 Å². The molecule has 0 amide bonds. The van der Waals surface area contributed by atoms with Crippen LogP contribution in [-0.2, 0) is 46.8 Å². The third-order valence-electron chi connectivity index (χ3n) is 0. The summed E-state index contributed by atoms with van der Waals surface area (Å²) in [5.74, 6) is 0. The Kier molecular flexibility index (Phi) is 83.9. The van der Waals surface area contributed by atoms with Crippen LogP contribution in [0, 0.1) is 0 Å². The zero-order chi connectivity index (χ0) is 2.00. The molecule has 0 fully saturated rings. The molecule has 0 aliphatic carbocycles. The molecular formula is H2CdSSiZn. The van der Waals surface area contributed by atoms with Gasteiger partial charge in [0.2, 0.25) is 0 Å². The first-order chi connectivity index (χ1) is 1.00. The van der Waals surface area contributed by atoms with Gasteiger partial charge in [0.1, 0.15) is 0 Å². The van der Waals surface area contributed by atoms with Crippen LogP contribution in [0.4, 0.5) is 0 Å². The molecule has 0 unspecified atom stereocenters. The van der Waals surface area contributed by atoms with Crippen molar-refractivity contribution in [3.63, 3.8) is 0 Å². The van der Waals surface area contributed by atoms with Gasteiger partial charge >= 0.3 is 0 Å². The van der Waals surface area contributed by atoms with E-state index in [1.54, 1.807) is 0 Å². The molecule has 0 heterocycles. The quantitative estimate of drug-likeness (QED) is 0.525. The van der Waals surface area contributed by atoms with Crippen molar-refractivity contribution >= 4 is 20.6 Å². The molecule has 0 aromatic heterocycles. The SMILES string of the molecule is [Cd].[SiH2]=S.[Zn]. The van der Waals surface area contributed by atoms with Crippen LogP contribution >= 0.6 is 11.6 Å². The predicted molar refractivity (Wildman–Crippen MR) is 16.1 cm³/mol. The van der Waals surface area contributed by atoms with Gasteiger partial charge in [-0.05, 0) is 0 Å². The Balaban J connectivity index is -0.00000000500. The van der Waals surface area contributed by atoms with Gasteiger partial charge in [0, 0.05) is 46.8 Å². The second-order valence-electron chi connectivity index (χ2n) is 0. The molecule has 0 rings (SSSR count). The summed E-state index contributed by atoms with van der Waals surface area (Å²) in [5, 5.41) is 0. The van der Waals surface area contributed by atoms with Gasteiger partial charge in [0.15, 0.2) is 0 Å². The zero-order valence-electron chi connectivity index (χ0n) is 2.53. The molecule has 0 aromatic rings. The molecule has 0 radical (unpaired) electrons. The van der Waals surface area contributed by atoms with Crippen LogP contribution in [-0.4, -0.2) is 8.95 Å². The molecule has 0 spiro atoms. The normalized spacial score (nSPS) is 1.00. The van der Waals surface area contributed by atoms with Crippen LogP contribution in [0.1, 0.15) is 0 Å². The summed E-state index contributed by atoms with van der Waals surface area (Å²) in [6, 6.07) is 0. The molecule has 0 nitrogen and oxygen atoms in total. The maximum absolute atomic E-state index is 4.11. The van der Waals surface area contributed by atoms with Crippen LogP contribution in [0.15, 0.2) is 0 Å². The van der Waals surface area contributed by atoms with Gasteiger partial charge in [-0.3, -0.25) is 0 Å². The Hall–Kier alpha value is 1.98. The summed E-state index contributed by atoms with van der Waals surface area (Å²) in [6.45, 7) is 0. The molecule has 0 saturated heterocycles. The van der Waals surface area contributed by atoms with E-state index in [1.807, 2.05) is 0 Å². The van der Waals surface area contributed by atoms with Crippen molar-refractivity contribution in [2.45, 2.75) is 0 Å². The van der Waals surface area contributed by atoms with Crippen molar-refractivity contribution in [2.24, 2.45) is 0 Å². The summed E-state index contributed by atoms with van der Waals surface area (Å²) in [7, 11) is 1.44. The Bertz CT molecular complexity index is 8.00. The van der Waals surface area contributed by atoms with E-state index in [0.29, 0.717) is 0 Å². The Morgan fingerprint density at radius 2 is 1.25 bits per heavy atom. The minimum Gasteiger partial charge on any atom is -0.147 e. The van der Waals surface area contributed by atoms with Crippen molar-refractivity contribution in [1.82, 2.24) is 0 Å². The first kappa shape index (κ1) is 16.7. The number of hydrogen-bond donors (Lipinski definition) is 0. The van der Waals surface area contributed by atoms with Crippen molar-refractivity contribution in [1.29, 1.82) is 0 Å². The Morgan fingerprint density at radius 1 is 1.25 bits per heavy atom. The summed E-state index contributed by atoms with van der Waals surface area (Å²) in [6.07, 6.45) is 0. The van der Waals surface area contributed by atoms with E-state index in [-0.39, 0.29) is 46.8 Å². The van der Waals surface area contributed by atoms with E-state index >= 15 is 0 Å². The van der Waals surface area contributed by atoms with Crippen LogP contribution in [0.3, 0.4) is 0 Å². The second kappa shape index (κ2) is 20.1. The van der Waals surface area contributed by atoms with Crippen LogP contribution in [0.25, 0.3) is 0 Å². The topological polar surface area (TPSA) is 0 Å². The van der Waals surface area contributed by atoms with Crippen molar-refractivity contribution in [3.8, 4) is 0 Å². The summed E-state index contributed by atoms with van der Waals surface area (Å²) in [4.78, 5) is 0. The summed E-state index contributed by atoms with van der Waals surface area (Å²) in [5.41, 5.74) is 0. The molecular weight excluding hydrogens is 238 g/mol. The minimum atomic E-state index is 0. The fraction of sp³-hybridized carbons (Fsp3) is 0. The standard InChI is InChI=1S/Cd.H2SSi.Zn/c;1-2;/h;2H2;. The fourth-order valence-corrected chi connectivity index (χ4v) is 0. The Morgan fingerprint density at radius 3 is 1.25 bits per heavy atom. The monoisotopic (exact) mass is 240 g/mol. The van der Waals surface area contributed by atoms with Gasteiger partial charge in [-0.1, -0.05) is 0 Å². The van der Waals surface area contributed by atoms with E-state index in [1.165, 1.54) is 8.95 Å². The average Bonchev–Trinajstić information content (AvgIpc) is 1.00.